The van der Waals surface area contributed by atoms with Crippen LogP contribution < -0.4 is 20.3 Å². The third kappa shape index (κ3) is 5.46. The molecule has 0 fully saturated rings. The number of hydrogen-bond acceptors (Lipinski definition) is 7. The predicted molar refractivity (Wildman–Crippen MR) is 139 cm³/mol. The quantitative estimate of drug-likeness (QED) is 0.331. The Bertz CT molecular complexity index is 1400. The van der Waals surface area contributed by atoms with Crippen LogP contribution in [0.15, 0.2) is 83.5 Å². The van der Waals surface area contributed by atoms with Gasteiger partial charge in [0.1, 0.15) is 16.5 Å². The zero-order valence-corrected chi connectivity index (χ0v) is 20.7. The maximum atomic E-state index is 13.0. The van der Waals surface area contributed by atoms with Crippen LogP contribution in [0, 0.1) is 0 Å². The number of hydrogen-bond donors (Lipinski definition) is 2. The maximum Gasteiger partial charge on any atom is 0.337 e. The first-order chi connectivity index (χ1) is 17.8. The van der Waals surface area contributed by atoms with Gasteiger partial charge in [-0.3, -0.25) is 14.4 Å². The number of nitrogens with zero attached hydrogens (tertiary/aromatic N) is 1. The van der Waals surface area contributed by atoms with Gasteiger partial charge in [-0.25, -0.2) is 9.69 Å². The van der Waals surface area contributed by atoms with Crippen LogP contribution in [0.1, 0.15) is 27.6 Å². The second-order valence-electron chi connectivity index (χ2n) is 7.79. The summed E-state index contributed by atoms with van der Waals surface area (Å²) in [6.07, 6.45) is 0. The van der Waals surface area contributed by atoms with Crippen LogP contribution in [0.3, 0.4) is 0 Å². The first-order valence-electron chi connectivity index (χ1n) is 11.2. The fourth-order valence-electron chi connectivity index (χ4n) is 3.60. The summed E-state index contributed by atoms with van der Waals surface area (Å²) in [5, 5.41) is 5.34. The molecule has 3 aromatic rings. The largest absolute Gasteiger partial charge is 0.494 e. The number of benzene rings is 3. The van der Waals surface area contributed by atoms with Gasteiger partial charge in [0.25, 0.3) is 17.7 Å². The summed E-state index contributed by atoms with van der Waals surface area (Å²) in [4.78, 5) is 51.0. The van der Waals surface area contributed by atoms with Crippen molar-refractivity contribution in [2.24, 2.45) is 0 Å². The van der Waals surface area contributed by atoms with Gasteiger partial charge < -0.3 is 20.1 Å². The Morgan fingerprint density at radius 1 is 0.892 bits per heavy atom. The molecule has 0 radical (unpaired) electrons. The lowest BCUT2D eigenvalue weighted by Crippen LogP contribution is -2.32. The third-order valence-corrected chi connectivity index (χ3v) is 5.74. The third-order valence-electron chi connectivity index (χ3n) is 5.39. The van der Waals surface area contributed by atoms with Crippen molar-refractivity contribution in [3.8, 4) is 5.75 Å². The molecule has 1 heterocycles. The zero-order valence-electron chi connectivity index (χ0n) is 19.9. The number of halogens is 1. The van der Waals surface area contributed by atoms with Crippen molar-refractivity contribution >= 4 is 52.4 Å². The molecule has 37 heavy (non-hydrogen) atoms. The zero-order chi connectivity index (χ0) is 26.5. The second-order valence-corrected chi connectivity index (χ2v) is 8.17. The Balaban J connectivity index is 1.44. The molecule has 0 aliphatic carbocycles. The molecule has 188 valence electrons. The minimum atomic E-state index is -0.650. The summed E-state index contributed by atoms with van der Waals surface area (Å²) < 4.78 is 10.1. The average Bonchev–Trinajstić information content (AvgIpc) is 3.12. The van der Waals surface area contributed by atoms with E-state index < -0.39 is 23.7 Å². The number of imide groups is 1. The monoisotopic (exact) mass is 519 g/mol. The lowest BCUT2D eigenvalue weighted by Gasteiger charge is -2.15. The molecular formula is C27H22ClN3O6. The van der Waals surface area contributed by atoms with E-state index in [2.05, 4.69) is 10.6 Å². The summed E-state index contributed by atoms with van der Waals surface area (Å²) in [7, 11) is 1.28. The Morgan fingerprint density at radius 3 is 2.24 bits per heavy atom. The summed E-state index contributed by atoms with van der Waals surface area (Å²) in [5.41, 5.74) is 1.80. The molecule has 1 aliphatic heterocycles. The number of rotatable bonds is 8. The fraction of sp³-hybridized carbons (Fsp3) is 0.111. The van der Waals surface area contributed by atoms with Gasteiger partial charge in [0.15, 0.2) is 0 Å². The van der Waals surface area contributed by atoms with Crippen LogP contribution in [0.25, 0.3) is 0 Å². The van der Waals surface area contributed by atoms with Crippen molar-refractivity contribution in [3.05, 3.63) is 94.7 Å². The lowest BCUT2D eigenvalue weighted by molar-refractivity contribution is -0.120. The Kier molecular flexibility index (Phi) is 7.55. The first kappa shape index (κ1) is 25.5. The summed E-state index contributed by atoms with van der Waals surface area (Å²) in [6.45, 7) is 2.35. The lowest BCUT2D eigenvalue weighted by atomic mass is 10.1. The molecule has 0 unspecified atom stereocenters. The number of esters is 1. The summed E-state index contributed by atoms with van der Waals surface area (Å²) >= 11 is 6.20. The maximum absolute atomic E-state index is 13.0. The van der Waals surface area contributed by atoms with Crippen molar-refractivity contribution < 1.29 is 28.7 Å². The summed E-state index contributed by atoms with van der Waals surface area (Å²) in [5.74, 6) is -1.56. The normalized spacial score (nSPS) is 13.0. The van der Waals surface area contributed by atoms with E-state index in [1.807, 2.05) is 6.92 Å². The number of ether oxygens (including phenoxy) is 2. The van der Waals surface area contributed by atoms with Crippen LogP contribution in [0.5, 0.6) is 5.75 Å². The molecule has 1 aliphatic rings. The molecule has 4 rings (SSSR count). The van der Waals surface area contributed by atoms with Gasteiger partial charge >= 0.3 is 5.97 Å². The van der Waals surface area contributed by atoms with E-state index in [4.69, 9.17) is 21.1 Å². The van der Waals surface area contributed by atoms with Crippen LogP contribution in [0.4, 0.5) is 17.1 Å². The van der Waals surface area contributed by atoms with Gasteiger partial charge in [-0.2, -0.15) is 0 Å². The fourth-order valence-corrected chi connectivity index (χ4v) is 3.81. The molecule has 0 bridgehead atoms. The average molecular weight is 520 g/mol. The van der Waals surface area contributed by atoms with Crippen LogP contribution in [0.2, 0.25) is 0 Å². The highest BCUT2D eigenvalue weighted by molar-refractivity contribution is 6.53. The smallest absolute Gasteiger partial charge is 0.337 e. The van der Waals surface area contributed by atoms with Crippen molar-refractivity contribution in [1.82, 2.24) is 0 Å². The van der Waals surface area contributed by atoms with E-state index in [-0.39, 0.29) is 10.7 Å². The van der Waals surface area contributed by atoms with Crippen LogP contribution >= 0.6 is 11.6 Å². The SMILES string of the molecule is CCOc1ccc(N2C(=O)C(Cl)=C(Nc3ccc(C(=O)Nc4cccc(C(=O)OC)c4)cc3)C2=O)cc1. The van der Waals surface area contributed by atoms with Crippen LogP contribution in [-0.2, 0) is 14.3 Å². The van der Waals surface area contributed by atoms with Crippen LogP contribution in [-0.4, -0.2) is 37.4 Å². The van der Waals surface area contributed by atoms with E-state index in [0.29, 0.717) is 40.5 Å². The number of carbonyl (C=O) groups is 4. The van der Waals surface area contributed by atoms with Crippen molar-refractivity contribution in [2.75, 3.05) is 29.3 Å². The van der Waals surface area contributed by atoms with E-state index in [9.17, 15) is 19.2 Å². The Hall–Kier alpha value is -4.63. The van der Waals surface area contributed by atoms with Gasteiger partial charge in [0.05, 0.1) is 25.0 Å². The van der Waals surface area contributed by atoms with E-state index in [0.717, 1.165) is 4.90 Å². The first-order valence-corrected chi connectivity index (χ1v) is 11.6. The highest BCUT2D eigenvalue weighted by atomic mass is 35.5. The van der Waals surface area contributed by atoms with Gasteiger partial charge in [-0.05, 0) is 73.7 Å². The number of nitrogens with one attached hydrogen (secondary N) is 2. The molecule has 0 aromatic heterocycles. The van der Waals surface area contributed by atoms with Gasteiger partial charge in [-0.15, -0.1) is 0 Å². The number of methoxy groups -OCH3 is 1. The predicted octanol–water partition coefficient (Wildman–Crippen LogP) is 4.56. The Morgan fingerprint density at radius 2 is 1.59 bits per heavy atom. The molecular weight excluding hydrogens is 498 g/mol. The molecule has 0 saturated carbocycles. The van der Waals surface area contributed by atoms with E-state index >= 15 is 0 Å². The Labute approximate surface area is 217 Å². The summed E-state index contributed by atoms with van der Waals surface area (Å²) in [6, 6.07) is 19.1. The van der Waals surface area contributed by atoms with E-state index in [1.54, 1.807) is 66.7 Å². The molecule has 10 heteroatoms. The molecule has 3 amide bonds. The molecule has 0 spiro atoms. The molecule has 0 atom stereocenters. The number of carbonyl (C=O) groups excluding carboxylic acids is 4. The minimum absolute atomic E-state index is 0.0719. The van der Waals surface area contributed by atoms with Gasteiger partial charge in [0, 0.05) is 16.9 Å². The highest BCUT2D eigenvalue weighted by Gasteiger charge is 2.39. The molecule has 9 nitrogen and oxygen atoms in total. The van der Waals surface area contributed by atoms with Crippen molar-refractivity contribution in [2.45, 2.75) is 6.92 Å². The topological polar surface area (TPSA) is 114 Å². The minimum Gasteiger partial charge on any atom is -0.494 e. The van der Waals surface area contributed by atoms with Gasteiger partial charge in [0.2, 0.25) is 0 Å². The molecule has 3 aromatic carbocycles. The molecule has 0 saturated heterocycles. The second kappa shape index (κ2) is 11.0. The highest BCUT2D eigenvalue weighted by Crippen LogP contribution is 2.31. The van der Waals surface area contributed by atoms with E-state index in [1.165, 1.54) is 13.2 Å². The standard InChI is InChI=1S/C27H22ClN3O6/c1-3-37-21-13-11-20(12-14-21)31-25(33)22(28)23(26(31)34)29-18-9-7-16(8-10-18)24(32)30-19-6-4-5-17(15-19)27(35)36-2/h4-15,29H,3H2,1-2H3,(H,30,32). The van der Waals surface area contributed by atoms with Crippen molar-refractivity contribution in [1.29, 1.82) is 0 Å². The van der Waals surface area contributed by atoms with Crippen molar-refractivity contribution in [3.63, 3.8) is 0 Å². The number of amides is 3. The molecule has 2 N–H and O–H groups in total. The number of anilines is 3. The van der Waals surface area contributed by atoms with Gasteiger partial charge in [-0.1, -0.05) is 17.7 Å².